The van der Waals surface area contributed by atoms with Crippen LogP contribution in [0.25, 0.3) is 16.9 Å². The molecule has 3 N–H and O–H groups in total. The highest BCUT2D eigenvalue weighted by Gasteiger charge is 2.50. The minimum atomic E-state index is -2.83. The van der Waals surface area contributed by atoms with E-state index >= 15 is 0 Å². The van der Waals surface area contributed by atoms with Crippen LogP contribution in [0, 0.1) is 5.41 Å². The molecule has 1 atom stereocenters. The average Bonchev–Trinajstić information content (AvgIpc) is 3.41. The van der Waals surface area contributed by atoms with E-state index in [1.54, 1.807) is 10.9 Å². The molecule has 0 radical (unpaired) electrons. The Balaban J connectivity index is 1.43. The minimum Gasteiger partial charge on any atom is -0.382 e. The molecule has 1 aliphatic carbocycles. The van der Waals surface area contributed by atoms with E-state index < -0.39 is 9.84 Å². The minimum absolute atomic E-state index is 0.0192. The number of anilines is 2. The summed E-state index contributed by atoms with van der Waals surface area (Å²) >= 11 is 0. The van der Waals surface area contributed by atoms with Crippen LogP contribution >= 0.6 is 0 Å². The Morgan fingerprint density at radius 3 is 2.73 bits per heavy atom. The fraction of sp³-hybridized carbons (Fsp3) is 0.591. The van der Waals surface area contributed by atoms with Crippen molar-refractivity contribution in [1.82, 2.24) is 25.0 Å². The molecule has 2 saturated heterocycles. The highest BCUT2D eigenvalue weighted by Crippen LogP contribution is 2.51. The molecular formula is C22H29N7O3S. The third-order valence-corrected chi connectivity index (χ3v) is 9.70. The lowest BCUT2D eigenvalue weighted by Gasteiger charge is -2.46. The van der Waals surface area contributed by atoms with E-state index in [1.165, 1.54) is 0 Å². The maximum atomic E-state index is 11.8. The number of ether oxygens (including phenoxy) is 1. The summed E-state index contributed by atoms with van der Waals surface area (Å²) in [6.07, 6.45) is 5.43. The first kappa shape index (κ1) is 20.9. The predicted molar refractivity (Wildman–Crippen MR) is 125 cm³/mol. The average molecular weight is 472 g/mol. The van der Waals surface area contributed by atoms with Gasteiger partial charge in [0.15, 0.2) is 27.1 Å². The van der Waals surface area contributed by atoms with Crippen LogP contribution in [0.15, 0.2) is 18.3 Å². The second-order valence-corrected chi connectivity index (χ2v) is 12.0. The zero-order valence-corrected chi connectivity index (χ0v) is 19.5. The fourth-order valence-corrected chi connectivity index (χ4v) is 8.31. The van der Waals surface area contributed by atoms with Crippen LogP contribution in [0.3, 0.4) is 0 Å². The summed E-state index contributed by atoms with van der Waals surface area (Å²) in [6, 6.07) is 4.24. The highest BCUT2D eigenvalue weighted by atomic mass is 32.2. The van der Waals surface area contributed by atoms with Gasteiger partial charge in [-0.2, -0.15) is 9.78 Å². The van der Waals surface area contributed by atoms with Crippen LogP contribution in [0.2, 0.25) is 0 Å². The van der Waals surface area contributed by atoms with Crippen LogP contribution in [-0.4, -0.2) is 70.7 Å². The number of hydrogen-bond acceptors (Lipinski definition) is 8. The molecule has 1 spiro atoms. The highest BCUT2D eigenvalue weighted by molar-refractivity contribution is 7.92. The number of hydrogen-bond donors (Lipinski definition) is 2. The van der Waals surface area contributed by atoms with Crippen molar-refractivity contribution in [3.8, 4) is 5.82 Å². The second kappa shape index (κ2) is 7.42. The second-order valence-electron chi connectivity index (χ2n) is 9.93. The number of H-pyrrole nitrogens is 1. The van der Waals surface area contributed by atoms with Gasteiger partial charge >= 0.3 is 0 Å². The van der Waals surface area contributed by atoms with Gasteiger partial charge in [-0.25, -0.2) is 13.4 Å². The SMILES string of the molecule is CC1COCCN1c1cc(C2CCC3(CC2)CS(=O)(=O)C3)c2c(N)nn(-c3ccn[nH]3)c2n1. The summed E-state index contributed by atoms with van der Waals surface area (Å²) in [5.41, 5.74) is 8.31. The summed E-state index contributed by atoms with van der Waals surface area (Å²) in [7, 11) is -2.83. The number of aromatic amines is 1. The van der Waals surface area contributed by atoms with E-state index in [0.717, 1.165) is 54.6 Å². The topological polar surface area (TPSA) is 132 Å². The monoisotopic (exact) mass is 471 g/mol. The molecule has 3 aliphatic rings. The summed E-state index contributed by atoms with van der Waals surface area (Å²) in [5, 5.41) is 12.5. The van der Waals surface area contributed by atoms with Crippen molar-refractivity contribution < 1.29 is 13.2 Å². The molecule has 2 aliphatic heterocycles. The largest absolute Gasteiger partial charge is 0.382 e. The van der Waals surface area contributed by atoms with Crippen LogP contribution < -0.4 is 10.6 Å². The molecule has 1 unspecified atom stereocenters. The molecule has 176 valence electrons. The smallest absolute Gasteiger partial charge is 0.169 e. The van der Waals surface area contributed by atoms with Gasteiger partial charge < -0.3 is 15.4 Å². The van der Waals surface area contributed by atoms with Gasteiger partial charge in [-0.3, -0.25) is 5.10 Å². The number of nitrogens with two attached hydrogens (primary N) is 1. The molecule has 0 aromatic carbocycles. The molecule has 1 saturated carbocycles. The van der Waals surface area contributed by atoms with E-state index in [-0.39, 0.29) is 11.5 Å². The lowest BCUT2D eigenvalue weighted by molar-refractivity contribution is 0.0985. The molecular weight excluding hydrogens is 442 g/mol. The Kier molecular flexibility index (Phi) is 4.70. The van der Waals surface area contributed by atoms with Crippen molar-refractivity contribution in [2.75, 3.05) is 41.9 Å². The molecule has 10 nitrogen and oxygen atoms in total. The van der Waals surface area contributed by atoms with Crippen molar-refractivity contribution in [3.63, 3.8) is 0 Å². The summed E-state index contributed by atoms with van der Waals surface area (Å²) in [5.74, 6) is 3.05. The Labute approximate surface area is 192 Å². The van der Waals surface area contributed by atoms with Crippen LogP contribution in [-0.2, 0) is 14.6 Å². The van der Waals surface area contributed by atoms with E-state index in [2.05, 4.69) is 33.2 Å². The molecule has 3 aromatic heterocycles. The molecule has 3 fully saturated rings. The van der Waals surface area contributed by atoms with E-state index in [9.17, 15) is 8.42 Å². The number of nitrogen functional groups attached to an aromatic ring is 1. The quantitative estimate of drug-likeness (QED) is 0.593. The van der Waals surface area contributed by atoms with E-state index in [1.807, 2.05) is 6.07 Å². The molecule has 0 bridgehead atoms. The standard InChI is InChI=1S/C22H29N7O3S/c1-14-11-32-9-8-28(14)18-10-16(15-2-5-22(6-3-15)12-33(30,31)13-22)19-20(23)27-29(21(19)25-18)17-4-7-24-26-17/h4,7,10,14-15H,2-3,5-6,8-9,11-13H2,1H3,(H2,23,27)(H,24,26). The number of morpholine rings is 1. The lowest BCUT2D eigenvalue weighted by Crippen LogP contribution is -2.50. The number of fused-ring (bicyclic) bond motifs is 1. The zero-order valence-electron chi connectivity index (χ0n) is 18.7. The maximum absolute atomic E-state index is 11.8. The number of aromatic nitrogens is 5. The fourth-order valence-electron chi connectivity index (χ4n) is 5.95. The molecule has 6 rings (SSSR count). The third-order valence-electron chi connectivity index (χ3n) is 7.60. The van der Waals surface area contributed by atoms with Gasteiger partial charge in [0.2, 0.25) is 0 Å². The van der Waals surface area contributed by atoms with Crippen LogP contribution in [0.1, 0.15) is 44.1 Å². The first-order chi connectivity index (χ1) is 15.8. The van der Waals surface area contributed by atoms with Crippen molar-refractivity contribution in [1.29, 1.82) is 0 Å². The van der Waals surface area contributed by atoms with Gasteiger partial charge in [0.25, 0.3) is 0 Å². The Bertz CT molecular complexity index is 1280. The predicted octanol–water partition coefficient (Wildman–Crippen LogP) is 2.02. The van der Waals surface area contributed by atoms with Crippen molar-refractivity contribution in [2.24, 2.45) is 5.41 Å². The summed E-state index contributed by atoms with van der Waals surface area (Å²) < 4.78 is 31.1. The van der Waals surface area contributed by atoms with Gasteiger partial charge in [-0.05, 0) is 55.6 Å². The van der Waals surface area contributed by atoms with Crippen LogP contribution in [0.4, 0.5) is 11.6 Å². The zero-order chi connectivity index (χ0) is 22.8. The summed E-state index contributed by atoms with van der Waals surface area (Å²) in [4.78, 5) is 7.31. The number of nitrogens with zero attached hydrogens (tertiary/aromatic N) is 5. The maximum Gasteiger partial charge on any atom is 0.169 e. The van der Waals surface area contributed by atoms with Gasteiger partial charge in [0.1, 0.15) is 5.82 Å². The first-order valence-corrected chi connectivity index (χ1v) is 13.4. The number of pyridine rings is 1. The first-order valence-electron chi connectivity index (χ1n) is 11.6. The van der Waals surface area contributed by atoms with Crippen molar-refractivity contribution >= 4 is 32.5 Å². The van der Waals surface area contributed by atoms with Crippen molar-refractivity contribution in [2.45, 2.75) is 44.6 Å². The molecule has 5 heterocycles. The number of sulfone groups is 1. The number of nitrogens with one attached hydrogen (secondary N) is 1. The Morgan fingerprint density at radius 2 is 2.06 bits per heavy atom. The molecule has 0 amide bonds. The Morgan fingerprint density at radius 1 is 1.27 bits per heavy atom. The van der Waals surface area contributed by atoms with E-state index in [0.29, 0.717) is 42.3 Å². The normalized spacial score (nSPS) is 24.9. The molecule has 11 heteroatoms. The third kappa shape index (κ3) is 3.48. The van der Waals surface area contributed by atoms with Gasteiger partial charge in [-0.15, -0.1) is 5.10 Å². The number of rotatable bonds is 3. The van der Waals surface area contributed by atoms with E-state index in [4.69, 9.17) is 15.5 Å². The summed E-state index contributed by atoms with van der Waals surface area (Å²) in [6.45, 7) is 4.25. The molecule has 33 heavy (non-hydrogen) atoms. The molecule has 3 aromatic rings. The van der Waals surface area contributed by atoms with Gasteiger partial charge in [0.05, 0.1) is 42.3 Å². The van der Waals surface area contributed by atoms with Crippen molar-refractivity contribution in [3.05, 3.63) is 23.9 Å². The van der Waals surface area contributed by atoms with Gasteiger partial charge in [-0.1, -0.05) is 0 Å². The van der Waals surface area contributed by atoms with Gasteiger partial charge in [0, 0.05) is 12.6 Å². The van der Waals surface area contributed by atoms with Crippen LogP contribution in [0.5, 0.6) is 0 Å². The lowest BCUT2D eigenvalue weighted by atomic mass is 9.70. The Hall–Kier alpha value is -2.66.